The largest absolute Gasteiger partial charge is 0.495 e. The van der Waals surface area contributed by atoms with Crippen LogP contribution in [-0.2, 0) is 14.8 Å². The molecule has 10 heteroatoms. The minimum absolute atomic E-state index is 0.174. The number of thiophene rings is 1. The van der Waals surface area contributed by atoms with Crippen molar-refractivity contribution >= 4 is 44.5 Å². The average Bonchev–Trinajstić information content (AvgIpc) is 3.30. The summed E-state index contributed by atoms with van der Waals surface area (Å²) in [7, 11) is -0.842. The van der Waals surface area contributed by atoms with Gasteiger partial charge < -0.3 is 15.4 Å². The van der Waals surface area contributed by atoms with Crippen molar-refractivity contribution in [3.63, 3.8) is 0 Å². The Kier molecular flexibility index (Phi) is 7.06. The van der Waals surface area contributed by atoms with Crippen molar-refractivity contribution in [2.45, 2.75) is 4.21 Å². The summed E-state index contributed by atoms with van der Waals surface area (Å²) in [4.78, 5) is 24.7. The van der Waals surface area contributed by atoms with Crippen LogP contribution in [0.5, 0.6) is 5.75 Å². The van der Waals surface area contributed by atoms with Gasteiger partial charge in [-0.1, -0.05) is 18.2 Å². The third kappa shape index (κ3) is 5.48. The van der Waals surface area contributed by atoms with Crippen LogP contribution >= 0.6 is 11.3 Å². The fourth-order valence-corrected chi connectivity index (χ4v) is 5.03. The Morgan fingerprint density at radius 3 is 2.35 bits per heavy atom. The third-order valence-corrected chi connectivity index (χ3v) is 7.49. The molecule has 0 atom stereocenters. The van der Waals surface area contributed by atoms with E-state index >= 15 is 0 Å². The van der Waals surface area contributed by atoms with E-state index in [-0.39, 0.29) is 16.7 Å². The molecule has 1 aromatic heterocycles. The van der Waals surface area contributed by atoms with E-state index in [1.54, 1.807) is 60.0 Å². The molecular formula is C21H21N3O5S2. The second-order valence-corrected chi connectivity index (χ2v) is 9.69. The summed E-state index contributed by atoms with van der Waals surface area (Å²) < 4.78 is 31.2. The summed E-state index contributed by atoms with van der Waals surface area (Å²) >= 11 is 1.09. The predicted molar refractivity (Wildman–Crippen MR) is 120 cm³/mol. The van der Waals surface area contributed by atoms with Gasteiger partial charge in [0.05, 0.1) is 19.3 Å². The summed E-state index contributed by atoms with van der Waals surface area (Å²) in [6, 6.07) is 16.4. The van der Waals surface area contributed by atoms with Crippen LogP contribution in [0, 0.1) is 0 Å². The molecule has 162 valence electrons. The van der Waals surface area contributed by atoms with E-state index in [2.05, 4.69) is 10.6 Å². The van der Waals surface area contributed by atoms with Crippen molar-refractivity contribution < 1.29 is 22.7 Å². The summed E-state index contributed by atoms with van der Waals surface area (Å²) in [6.45, 7) is -0.337. The highest BCUT2D eigenvalue weighted by atomic mass is 32.2. The van der Waals surface area contributed by atoms with Crippen LogP contribution in [0.25, 0.3) is 0 Å². The quantitative estimate of drug-likeness (QED) is 0.538. The number of sulfonamides is 1. The molecule has 0 aliphatic heterocycles. The van der Waals surface area contributed by atoms with Crippen LogP contribution in [0.15, 0.2) is 70.3 Å². The van der Waals surface area contributed by atoms with E-state index in [1.165, 1.54) is 20.2 Å². The van der Waals surface area contributed by atoms with Crippen LogP contribution in [0.3, 0.4) is 0 Å². The van der Waals surface area contributed by atoms with Crippen LogP contribution < -0.4 is 15.4 Å². The number of amides is 2. The molecule has 0 aliphatic rings. The number of carbonyl (C=O) groups is 2. The zero-order chi connectivity index (χ0) is 22.4. The lowest BCUT2D eigenvalue weighted by Crippen LogP contribution is -2.34. The van der Waals surface area contributed by atoms with Gasteiger partial charge in [0.25, 0.3) is 15.9 Å². The van der Waals surface area contributed by atoms with Crippen LogP contribution in [-0.4, -0.2) is 45.2 Å². The number of ether oxygens (including phenoxy) is 1. The number of hydrogen-bond acceptors (Lipinski definition) is 6. The van der Waals surface area contributed by atoms with Gasteiger partial charge in [-0.05, 0) is 47.8 Å². The average molecular weight is 460 g/mol. The Morgan fingerprint density at radius 2 is 1.71 bits per heavy atom. The van der Waals surface area contributed by atoms with Crippen molar-refractivity contribution in [2.24, 2.45) is 0 Å². The van der Waals surface area contributed by atoms with E-state index in [1.807, 2.05) is 0 Å². The molecule has 2 aromatic carbocycles. The highest BCUT2D eigenvalue weighted by Crippen LogP contribution is 2.24. The van der Waals surface area contributed by atoms with E-state index in [9.17, 15) is 18.0 Å². The molecule has 0 spiro atoms. The minimum Gasteiger partial charge on any atom is -0.495 e. The van der Waals surface area contributed by atoms with E-state index < -0.39 is 15.9 Å². The Bertz CT molecular complexity index is 1160. The Labute approximate surface area is 184 Å². The van der Waals surface area contributed by atoms with Gasteiger partial charge in [-0.15, -0.1) is 11.3 Å². The van der Waals surface area contributed by atoms with Crippen LogP contribution in [0.4, 0.5) is 11.4 Å². The third-order valence-electron chi connectivity index (χ3n) is 4.31. The molecule has 1 heterocycles. The predicted octanol–water partition coefficient (Wildman–Crippen LogP) is 3.27. The highest BCUT2D eigenvalue weighted by Gasteiger charge is 2.23. The first-order valence-corrected chi connectivity index (χ1v) is 11.5. The lowest BCUT2D eigenvalue weighted by molar-refractivity contribution is -0.116. The maximum atomic E-state index is 12.5. The summed E-state index contributed by atoms with van der Waals surface area (Å²) in [5.41, 5.74) is 1.38. The van der Waals surface area contributed by atoms with Gasteiger partial charge in [-0.2, -0.15) is 4.31 Å². The Morgan fingerprint density at radius 1 is 1.00 bits per heavy atom. The van der Waals surface area contributed by atoms with Gasteiger partial charge in [0, 0.05) is 18.3 Å². The number of para-hydroxylation sites is 2. The lowest BCUT2D eigenvalue weighted by atomic mass is 10.2. The second kappa shape index (κ2) is 9.73. The van der Waals surface area contributed by atoms with Gasteiger partial charge in [0.2, 0.25) is 5.91 Å². The molecule has 0 radical (unpaired) electrons. The molecule has 3 rings (SSSR count). The summed E-state index contributed by atoms with van der Waals surface area (Å²) in [6.07, 6.45) is 0. The molecule has 2 N–H and O–H groups in total. The molecular weight excluding hydrogens is 438 g/mol. The number of nitrogens with zero attached hydrogens (tertiary/aromatic N) is 1. The smallest absolute Gasteiger partial charge is 0.255 e. The Balaban J connectivity index is 1.60. The zero-order valence-electron chi connectivity index (χ0n) is 16.9. The second-order valence-electron chi connectivity index (χ2n) is 6.47. The first kappa shape index (κ1) is 22.5. The highest BCUT2D eigenvalue weighted by molar-refractivity contribution is 7.91. The molecule has 0 bridgehead atoms. The van der Waals surface area contributed by atoms with Crippen molar-refractivity contribution in [1.29, 1.82) is 0 Å². The summed E-state index contributed by atoms with van der Waals surface area (Å²) in [5.74, 6) is -0.278. The fraction of sp³-hybridized carbons (Fsp3) is 0.143. The maximum Gasteiger partial charge on any atom is 0.255 e. The normalized spacial score (nSPS) is 11.2. The van der Waals surface area contributed by atoms with Crippen molar-refractivity contribution in [2.75, 3.05) is 31.3 Å². The van der Waals surface area contributed by atoms with E-state index in [0.717, 1.165) is 15.6 Å². The fourth-order valence-electron chi connectivity index (χ4n) is 2.70. The number of methoxy groups -OCH3 is 1. The number of carbonyl (C=O) groups excluding carboxylic acids is 2. The van der Waals surface area contributed by atoms with Crippen molar-refractivity contribution in [3.8, 4) is 5.75 Å². The van der Waals surface area contributed by atoms with Crippen LogP contribution in [0.1, 0.15) is 10.4 Å². The van der Waals surface area contributed by atoms with Gasteiger partial charge in [-0.3, -0.25) is 9.59 Å². The topological polar surface area (TPSA) is 105 Å². The number of rotatable bonds is 8. The molecule has 0 unspecified atom stereocenters. The number of nitrogens with one attached hydrogen (secondary N) is 2. The van der Waals surface area contributed by atoms with Crippen molar-refractivity contribution in [1.82, 2.24) is 4.31 Å². The summed E-state index contributed by atoms with van der Waals surface area (Å²) in [5, 5.41) is 7.06. The van der Waals surface area contributed by atoms with Gasteiger partial charge in [0.1, 0.15) is 9.96 Å². The molecule has 0 fully saturated rings. The Hall–Kier alpha value is -3.21. The molecule has 3 aromatic rings. The molecule has 0 saturated carbocycles. The first-order valence-electron chi connectivity index (χ1n) is 9.15. The van der Waals surface area contributed by atoms with E-state index in [4.69, 9.17) is 4.74 Å². The lowest BCUT2D eigenvalue weighted by Gasteiger charge is -2.15. The van der Waals surface area contributed by atoms with Gasteiger partial charge in [0.15, 0.2) is 0 Å². The number of hydrogen-bond donors (Lipinski definition) is 2. The van der Waals surface area contributed by atoms with Gasteiger partial charge in [-0.25, -0.2) is 8.42 Å². The SMILES string of the molecule is COc1ccccc1NC(=O)c1ccc(NC(=O)CN(C)S(=O)(=O)c2cccs2)cc1. The monoisotopic (exact) mass is 459 g/mol. The van der Waals surface area contributed by atoms with Crippen LogP contribution in [0.2, 0.25) is 0 Å². The molecule has 8 nitrogen and oxygen atoms in total. The standard InChI is InChI=1S/C21H21N3O5S2/c1-24(31(27,28)20-8-5-13-30-20)14-19(25)22-16-11-9-15(10-12-16)21(26)23-17-6-3-4-7-18(17)29-2/h3-13H,14H2,1-2H3,(H,22,25)(H,23,26). The minimum atomic E-state index is -3.71. The first-order chi connectivity index (χ1) is 14.8. The number of benzene rings is 2. The van der Waals surface area contributed by atoms with Crippen molar-refractivity contribution in [3.05, 3.63) is 71.6 Å². The molecule has 0 saturated heterocycles. The number of anilines is 2. The van der Waals surface area contributed by atoms with Gasteiger partial charge >= 0.3 is 0 Å². The zero-order valence-corrected chi connectivity index (χ0v) is 18.5. The molecule has 31 heavy (non-hydrogen) atoms. The molecule has 0 aliphatic carbocycles. The maximum absolute atomic E-state index is 12.5. The molecule has 2 amide bonds. The van der Waals surface area contributed by atoms with E-state index in [0.29, 0.717) is 22.7 Å². The number of likely N-dealkylation sites (N-methyl/N-ethyl adjacent to an activating group) is 1.